The quantitative estimate of drug-likeness (QED) is 0.802. The van der Waals surface area contributed by atoms with Crippen molar-refractivity contribution in [2.75, 3.05) is 0 Å². The predicted octanol–water partition coefficient (Wildman–Crippen LogP) is 3.08. The number of halogens is 2. The number of ether oxygens (including phenoxy) is 1. The van der Waals surface area contributed by atoms with Gasteiger partial charge in [0.25, 0.3) is 0 Å². The number of aliphatic hydroxyl groups excluding tert-OH is 1. The zero-order valence-electron chi connectivity index (χ0n) is 11.2. The molecule has 108 valence electrons. The van der Waals surface area contributed by atoms with E-state index in [0.29, 0.717) is 17.9 Å². The van der Waals surface area contributed by atoms with E-state index in [0.717, 1.165) is 6.42 Å². The highest BCUT2D eigenvalue weighted by molar-refractivity contribution is 5.36. The normalized spacial score (nSPS) is 14.7. The monoisotopic (exact) mass is 273 g/mol. The molecule has 1 rings (SSSR count). The minimum atomic E-state index is -2.90. The topological polar surface area (TPSA) is 55.5 Å². The summed E-state index contributed by atoms with van der Waals surface area (Å²) >= 11 is 0. The van der Waals surface area contributed by atoms with Gasteiger partial charge in [-0.1, -0.05) is 32.0 Å². The Morgan fingerprint density at radius 2 is 1.84 bits per heavy atom. The van der Waals surface area contributed by atoms with Crippen LogP contribution >= 0.6 is 0 Å². The van der Waals surface area contributed by atoms with Crippen LogP contribution in [0.5, 0.6) is 5.75 Å². The summed E-state index contributed by atoms with van der Waals surface area (Å²) in [6, 6.07) is 5.57. The summed E-state index contributed by atoms with van der Waals surface area (Å²) in [7, 11) is 0. The van der Waals surface area contributed by atoms with Crippen molar-refractivity contribution >= 4 is 0 Å². The number of hydrogen-bond acceptors (Lipinski definition) is 3. The van der Waals surface area contributed by atoms with Crippen LogP contribution in [-0.2, 0) is 0 Å². The first-order valence-corrected chi connectivity index (χ1v) is 6.39. The van der Waals surface area contributed by atoms with E-state index in [2.05, 4.69) is 4.74 Å². The van der Waals surface area contributed by atoms with Gasteiger partial charge in [-0.25, -0.2) is 0 Å². The molecule has 0 saturated carbocycles. The maximum atomic E-state index is 12.3. The summed E-state index contributed by atoms with van der Waals surface area (Å²) in [5, 5.41) is 10.0. The minimum Gasteiger partial charge on any atom is -0.434 e. The summed E-state index contributed by atoms with van der Waals surface area (Å²) in [5.41, 5.74) is 6.33. The lowest BCUT2D eigenvalue weighted by Crippen LogP contribution is -2.27. The molecule has 2 atom stereocenters. The second-order valence-corrected chi connectivity index (χ2v) is 4.98. The Morgan fingerprint density at radius 3 is 2.42 bits per heavy atom. The molecule has 0 radical (unpaired) electrons. The molecule has 0 heterocycles. The van der Waals surface area contributed by atoms with Crippen LogP contribution in [0.2, 0.25) is 0 Å². The lowest BCUT2D eigenvalue weighted by atomic mass is 9.95. The third kappa shape index (κ3) is 5.12. The Hall–Kier alpha value is -1.20. The van der Waals surface area contributed by atoms with E-state index in [1.807, 2.05) is 13.8 Å². The third-order valence-corrected chi connectivity index (χ3v) is 2.95. The Kier molecular flexibility index (Phi) is 6.18. The lowest BCUT2D eigenvalue weighted by molar-refractivity contribution is -0.0510. The molecule has 1 aromatic carbocycles. The highest BCUT2D eigenvalue weighted by Gasteiger charge is 2.21. The first kappa shape index (κ1) is 15.9. The first-order valence-electron chi connectivity index (χ1n) is 6.39. The molecule has 0 aliphatic rings. The van der Waals surface area contributed by atoms with Crippen LogP contribution < -0.4 is 10.5 Å². The maximum absolute atomic E-state index is 12.3. The zero-order valence-corrected chi connectivity index (χ0v) is 11.2. The maximum Gasteiger partial charge on any atom is 0.387 e. The predicted molar refractivity (Wildman–Crippen MR) is 70.1 cm³/mol. The summed E-state index contributed by atoms with van der Waals surface area (Å²) in [4.78, 5) is 0. The largest absolute Gasteiger partial charge is 0.434 e. The molecule has 1 aromatic rings. The van der Waals surface area contributed by atoms with Crippen LogP contribution in [0.4, 0.5) is 8.78 Å². The fourth-order valence-corrected chi connectivity index (χ4v) is 1.85. The highest BCUT2D eigenvalue weighted by Crippen LogP contribution is 2.28. The average Bonchev–Trinajstić information content (AvgIpc) is 2.35. The van der Waals surface area contributed by atoms with Gasteiger partial charge in [-0.2, -0.15) is 8.78 Å². The van der Waals surface area contributed by atoms with Gasteiger partial charge in [-0.05, 0) is 24.8 Å². The second kappa shape index (κ2) is 7.40. The van der Waals surface area contributed by atoms with E-state index in [1.54, 1.807) is 18.2 Å². The zero-order chi connectivity index (χ0) is 14.4. The Morgan fingerprint density at radius 1 is 1.21 bits per heavy atom. The standard InChI is InChI=1S/C14H21F2NO2/c1-9(2)7-8-11(18)13(17)10-5-3-4-6-12(10)19-14(15)16/h3-6,9,11,13-14,18H,7-8,17H2,1-2H3/t11-,13+/m0/s1. The highest BCUT2D eigenvalue weighted by atomic mass is 19.3. The molecule has 0 bridgehead atoms. The van der Waals surface area contributed by atoms with Gasteiger partial charge in [0.05, 0.1) is 12.1 Å². The molecule has 3 nitrogen and oxygen atoms in total. The number of benzene rings is 1. The Bertz CT molecular complexity index is 385. The van der Waals surface area contributed by atoms with E-state index < -0.39 is 18.8 Å². The molecule has 0 fully saturated rings. The third-order valence-electron chi connectivity index (χ3n) is 2.95. The van der Waals surface area contributed by atoms with E-state index in [9.17, 15) is 13.9 Å². The summed E-state index contributed by atoms with van der Waals surface area (Å²) in [6.45, 7) is 1.19. The lowest BCUT2D eigenvalue weighted by Gasteiger charge is -2.22. The SMILES string of the molecule is CC(C)CC[C@H](O)[C@H](N)c1ccccc1OC(F)F. The van der Waals surface area contributed by atoms with Crippen molar-refractivity contribution in [1.29, 1.82) is 0 Å². The summed E-state index contributed by atoms with van der Waals surface area (Å²) < 4.78 is 29.0. The Labute approximate surface area is 112 Å². The Balaban J connectivity index is 2.77. The van der Waals surface area contributed by atoms with Crippen LogP contribution in [0.1, 0.15) is 38.3 Å². The van der Waals surface area contributed by atoms with E-state index in [4.69, 9.17) is 5.73 Å². The van der Waals surface area contributed by atoms with Crippen molar-refractivity contribution in [2.45, 2.75) is 45.4 Å². The summed E-state index contributed by atoms with van der Waals surface area (Å²) in [5.74, 6) is 0.475. The first-order chi connectivity index (χ1) is 8.91. The van der Waals surface area contributed by atoms with Crippen LogP contribution in [0.15, 0.2) is 24.3 Å². The van der Waals surface area contributed by atoms with Crippen LogP contribution in [-0.4, -0.2) is 17.8 Å². The number of nitrogens with two attached hydrogens (primary N) is 1. The molecule has 0 amide bonds. The van der Waals surface area contributed by atoms with Crippen LogP contribution in [0, 0.1) is 5.92 Å². The second-order valence-electron chi connectivity index (χ2n) is 4.98. The molecular formula is C14H21F2NO2. The van der Waals surface area contributed by atoms with E-state index in [1.165, 1.54) is 6.07 Å². The number of hydrogen-bond donors (Lipinski definition) is 2. The smallest absolute Gasteiger partial charge is 0.387 e. The van der Waals surface area contributed by atoms with Crippen LogP contribution in [0.25, 0.3) is 0 Å². The van der Waals surface area contributed by atoms with Gasteiger partial charge in [0.1, 0.15) is 5.75 Å². The van der Waals surface area contributed by atoms with E-state index >= 15 is 0 Å². The molecule has 0 aromatic heterocycles. The van der Waals surface area contributed by atoms with Gasteiger partial charge in [0.15, 0.2) is 0 Å². The molecular weight excluding hydrogens is 252 g/mol. The van der Waals surface area contributed by atoms with Crippen LogP contribution in [0.3, 0.4) is 0 Å². The van der Waals surface area contributed by atoms with Gasteiger partial charge < -0.3 is 15.6 Å². The number of aliphatic hydroxyl groups is 1. The molecule has 3 N–H and O–H groups in total. The van der Waals surface area contributed by atoms with Gasteiger partial charge >= 0.3 is 6.61 Å². The average molecular weight is 273 g/mol. The van der Waals surface area contributed by atoms with Gasteiger partial charge in [-0.15, -0.1) is 0 Å². The molecule has 0 aliphatic carbocycles. The fraction of sp³-hybridized carbons (Fsp3) is 0.571. The molecule has 0 aliphatic heterocycles. The van der Waals surface area contributed by atoms with E-state index in [-0.39, 0.29) is 5.75 Å². The molecule has 5 heteroatoms. The van der Waals surface area contributed by atoms with Crippen molar-refractivity contribution < 1.29 is 18.6 Å². The number of rotatable bonds is 7. The van der Waals surface area contributed by atoms with Gasteiger partial charge in [0.2, 0.25) is 0 Å². The number of para-hydroxylation sites is 1. The van der Waals surface area contributed by atoms with Gasteiger partial charge in [-0.3, -0.25) is 0 Å². The molecule has 0 saturated heterocycles. The van der Waals surface area contributed by atoms with Gasteiger partial charge in [0, 0.05) is 5.56 Å². The van der Waals surface area contributed by atoms with Crippen molar-refractivity contribution in [1.82, 2.24) is 0 Å². The minimum absolute atomic E-state index is 0.0218. The number of alkyl halides is 2. The fourth-order valence-electron chi connectivity index (χ4n) is 1.85. The summed E-state index contributed by atoms with van der Waals surface area (Å²) in [6.07, 6.45) is 0.582. The van der Waals surface area contributed by atoms with Crippen molar-refractivity contribution in [2.24, 2.45) is 11.7 Å². The van der Waals surface area contributed by atoms with Crippen molar-refractivity contribution in [3.05, 3.63) is 29.8 Å². The molecule has 0 spiro atoms. The van der Waals surface area contributed by atoms with Crippen molar-refractivity contribution in [3.63, 3.8) is 0 Å². The molecule has 0 unspecified atom stereocenters. The van der Waals surface area contributed by atoms with Crippen molar-refractivity contribution in [3.8, 4) is 5.75 Å². The molecule has 19 heavy (non-hydrogen) atoms.